The van der Waals surface area contributed by atoms with Crippen LogP contribution in [0.25, 0.3) is 10.9 Å². The second kappa shape index (κ2) is 9.21. The summed E-state index contributed by atoms with van der Waals surface area (Å²) in [5, 5.41) is 2.95. The monoisotopic (exact) mass is 482 g/mol. The van der Waals surface area contributed by atoms with Crippen LogP contribution in [0, 0.1) is 0 Å². The fourth-order valence-corrected chi connectivity index (χ4v) is 5.99. The molecule has 2 aliphatic heterocycles. The van der Waals surface area contributed by atoms with Crippen LogP contribution in [0.3, 0.4) is 0 Å². The summed E-state index contributed by atoms with van der Waals surface area (Å²) in [4.78, 5) is 30.9. The molecular formula is C24H26N4O5S. The van der Waals surface area contributed by atoms with Crippen LogP contribution in [0.5, 0.6) is 0 Å². The highest BCUT2D eigenvalue weighted by Gasteiger charge is 2.31. The second-order valence-corrected chi connectivity index (χ2v) is 10.3. The number of aromatic nitrogens is 1. The van der Waals surface area contributed by atoms with Crippen molar-refractivity contribution in [1.29, 1.82) is 0 Å². The van der Waals surface area contributed by atoms with Crippen LogP contribution in [0.2, 0.25) is 0 Å². The van der Waals surface area contributed by atoms with Gasteiger partial charge in [0.2, 0.25) is 5.43 Å². The third kappa shape index (κ3) is 4.20. The average molecular weight is 483 g/mol. The van der Waals surface area contributed by atoms with Gasteiger partial charge in [-0.15, -0.1) is 0 Å². The molecule has 2 aliphatic rings. The van der Waals surface area contributed by atoms with Gasteiger partial charge >= 0.3 is 0 Å². The molecule has 0 unspecified atom stereocenters. The van der Waals surface area contributed by atoms with Crippen LogP contribution >= 0.6 is 0 Å². The predicted molar refractivity (Wildman–Crippen MR) is 129 cm³/mol. The molecule has 0 bridgehead atoms. The zero-order chi connectivity index (χ0) is 23.7. The summed E-state index contributed by atoms with van der Waals surface area (Å²) >= 11 is 0. The Labute approximate surface area is 197 Å². The van der Waals surface area contributed by atoms with E-state index in [2.05, 4.69) is 15.2 Å². The molecular weight excluding hydrogens is 456 g/mol. The van der Waals surface area contributed by atoms with E-state index >= 15 is 0 Å². The molecule has 1 fully saturated rings. The third-order valence-corrected chi connectivity index (χ3v) is 8.16. The fraction of sp³-hybridized carbons (Fsp3) is 0.333. The van der Waals surface area contributed by atoms with Gasteiger partial charge in [-0.2, -0.15) is 0 Å². The van der Waals surface area contributed by atoms with Crippen molar-refractivity contribution in [3.8, 4) is 0 Å². The maximum Gasteiger partial charge on any atom is 0.264 e. The lowest BCUT2D eigenvalue weighted by atomic mass is 10.1. The first-order chi connectivity index (χ1) is 16.4. The van der Waals surface area contributed by atoms with Crippen molar-refractivity contribution in [3.05, 3.63) is 70.0 Å². The molecule has 2 aromatic carbocycles. The van der Waals surface area contributed by atoms with Gasteiger partial charge in [-0.3, -0.25) is 18.8 Å². The number of fused-ring (bicyclic) bond motifs is 2. The number of H-pyrrole nitrogens is 1. The van der Waals surface area contributed by atoms with E-state index in [1.54, 1.807) is 12.1 Å². The Morgan fingerprint density at radius 2 is 1.88 bits per heavy atom. The van der Waals surface area contributed by atoms with Crippen LogP contribution < -0.4 is 15.1 Å². The number of nitrogens with zero attached hydrogens (tertiary/aromatic N) is 2. The first-order valence-corrected chi connectivity index (χ1v) is 12.7. The molecule has 1 amide bonds. The van der Waals surface area contributed by atoms with Crippen molar-refractivity contribution in [2.24, 2.45) is 0 Å². The van der Waals surface area contributed by atoms with E-state index in [4.69, 9.17) is 4.74 Å². The summed E-state index contributed by atoms with van der Waals surface area (Å²) in [6.45, 7) is 4.39. The maximum absolute atomic E-state index is 13.4. The van der Waals surface area contributed by atoms with Crippen molar-refractivity contribution >= 4 is 32.5 Å². The van der Waals surface area contributed by atoms with E-state index in [-0.39, 0.29) is 15.8 Å². The lowest BCUT2D eigenvalue weighted by Crippen LogP contribution is -2.41. The molecule has 1 saturated heterocycles. The van der Waals surface area contributed by atoms with E-state index in [1.165, 1.54) is 22.6 Å². The van der Waals surface area contributed by atoms with Gasteiger partial charge in [-0.05, 0) is 36.2 Å². The van der Waals surface area contributed by atoms with E-state index in [0.29, 0.717) is 50.5 Å². The van der Waals surface area contributed by atoms with E-state index < -0.39 is 21.4 Å². The molecule has 3 heterocycles. The third-order valence-electron chi connectivity index (χ3n) is 6.35. The minimum atomic E-state index is -3.86. The Morgan fingerprint density at radius 1 is 1.09 bits per heavy atom. The highest BCUT2D eigenvalue weighted by atomic mass is 32.2. The molecule has 0 atom stereocenters. The summed E-state index contributed by atoms with van der Waals surface area (Å²) in [6, 6.07) is 11.8. The Hall–Kier alpha value is -3.21. The number of hydrogen-bond donors (Lipinski definition) is 2. The number of para-hydroxylation sites is 1. The molecule has 0 aliphatic carbocycles. The Bertz CT molecular complexity index is 1400. The lowest BCUT2D eigenvalue weighted by Gasteiger charge is -2.26. The number of hydrogen-bond acceptors (Lipinski definition) is 6. The van der Waals surface area contributed by atoms with Crippen LogP contribution in [0.4, 0.5) is 5.69 Å². The van der Waals surface area contributed by atoms with Crippen molar-refractivity contribution in [2.45, 2.75) is 11.3 Å². The molecule has 2 N–H and O–H groups in total. The minimum Gasteiger partial charge on any atom is -0.379 e. The SMILES string of the molecule is O=C(NCCN1CCOCC1)c1c[nH]c2ccc(S(=O)(=O)N3CCc4ccccc43)cc2c1=O. The summed E-state index contributed by atoms with van der Waals surface area (Å²) in [7, 11) is -3.86. The summed E-state index contributed by atoms with van der Waals surface area (Å²) in [5.74, 6) is -0.488. The van der Waals surface area contributed by atoms with Gasteiger partial charge in [-0.25, -0.2) is 8.42 Å². The van der Waals surface area contributed by atoms with Crippen LogP contribution in [-0.2, 0) is 21.2 Å². The predicted octanol–water partition coefficient (Wildman–Crippen LogP) is 1.34. The van der Waals surface area contributed by atoms with Crippen LogP contribution in [-0.4, -0.2) is 70.1 Å². The van der Waals surface area contributed by atoms with Crippen molar-refractivity contribution in [1.82, 2.24) is 15.2 Å². The van der Waals surface area contributed by atoms with E-state index in [1.807, 2.05) is 18.2 Å². The molecule has 34 heavy (non-hydrogen) atoms. The summed E-state index contributed by atoms with van der Waals surface area (Å²) < 4.78 is 33.5. The number of ether oxygens (including phenoxy) is 1. The van der Waals surface area contributed by atoms with Gasteiger partial charge in [0.1, 0.15) is 5.56 Å². The van der Waals surface area contributed by atoms with E-state index in [9.17, 15) is 18.0 Å². The molecule has 0 spiro atoms. The van der Waals surface area contributed by atoms with Crippen LogP contribution in [0.1, 0.15) is 15.9 Å². The summed E-state index contributed by atoms with van der Waals surface area (Å²) in [6.07, 6.45) is 2.01. The van der Waals surface area contributed by atoms with Crippen molar-refractivity contribution in [3.63, 3.8) is 0 Å². The Kier molecular flexibility index (Phi) is 6.11. The number of carbonyl (C=O) groups is 1. The number of carbonyl (C=O) groups excluding carboxylic acids is 1. The topological polar surface area (TPSA) is 112 Å². The van der Waals surface area contributed by atoms with Gasteiger partial charge in [0, 0.05) is 49.8 Å². The molecule has 0 radical (unpaired) electrons. The minimum absolute atomic E-state index is 0.0204. The van der Waals surface area contributed by atoms with Gasteiger partial charge in [0.25, 0.3) is 15.9 Å². The first kappa shape index (κ1) is 22.6. The number of amides is 1. The van der Waals surface area contributed by atoms with Crippen molar-refractivity contribution < 1.29 is 17.9 Å². The quantitative estimate of drug-likeness (QED) is 0.549. The molecule has 10 heteroatoms. The number of pyridine rings is 1. The number of sulfonamides is 1. The highest BCUT2D eigenvalue weighted by molar-refractivity contribution is 7.92. The van der Waals surface area contributed by atoms with Crippen LogP contribution in [0.15, 0.2) is 58.4 Å². The van der Waals surface area contributed by atoms with Gasteiger partial charge in [0.05, 0.1) is 23.8 Å². The first-order valence-electron chi connectivity index (χ1n) is 11.3. The summed E-state index contributed by atoms with van der Waals surface area (Å²) in [5.41, 5.74) is 1.55. The number of anilines is 1. The molecule has 5 rings (SSSR count). The molecule has 0 saturated carbocycles. The second-order valence-electron chi connectivity index (χ2n) is 8.40. The number of morpholine rings is 1. The zero-order valence-corrected chi connectivity index (χ0v) is 19.4. The molecule has 9 nitrogen and oxygen atoms in total. The normalized spacial score (nSPS) is 16.5. The van der Waals surface area contributed by atoms with Gasteiger partial charge in [0.15, 0.2) is 0 Å². The highest BCUT2D eigenvalue weighted by Crippen LogP contribution is 2.33. The molecule has 1 aromatic heterocycles. The Morgan fingerprint density at radius 3 is 2.71 bits per heavy atom. The number of aromatic amines is 1. The smallest absolute Gasteiger partial charge is 0.264 e. The van der Waals surface area contributed by atoms with Gasteiger partial charge in [-0.1, -0.05) is 18.2 Å². The largest absolute Gasteiger partial charge is 0.379 e. The van der Waals surface area contributed by atoms with Gasteiger partial charge < -0.3 is 15.0 Å². The molecule has 3 aromatic rings. The number of nitrogens with one attached hydrogen (secondary N) is 2. The maximum atomic E-state index is 13.4. The fourth-order valence-electron chi connectivity index (χ4n) is 4.46. The Balaban J connectivity index is 1.39. The van der Waals surface area contributed by atoms with E-state index in [0.717, 1.165) is 18.7 Å². The average Bonchev–Trinajstić information content (AvgIpc) is 3.30. The standard InChI is InChI=1S/C24H26N4O5S/c29-23-19-15-18(34(31,32)28-9-7-17-3-1-2-4-22(17)28)5-6-21(19)26-16-20(23)24(30)25-8-10-27-11-13-33-14-12-27/h1-6,15-16H,7-14H2,(H,25,30)(H,26,29). The van der Waals surface area contributed by atoms with Crippen molar-refractivity contribution in [2.75, 3.05) is 50.2 Å². The lowest BCUT2D eigenvalue weighted by molar-refractivity contribution is 0.0383. The number of rotatable bonds is 6. The molecule has 178 valence electrons. The number of benzene rings is 2. The zero-order valence-electron chi connectivity index (χ0n) is 18.6.